The minimum Gasteiger partial charge on any atom is -0.481 e. The number of aliphatic carboxylic acids is 1. The molecule has 2 unspecified atom stereocenters. The number of hydrogen-bond donors (Lipinski definition) is 2. The molecule has 0 heterocycles. The Kier molecular flexibility index (Phi) is 4.42. The van der Waals surface area contributed by atoms with Crippen LogP contribution in [0.1, 0.15) is 16.8 Å². The first-order valence-corrected chi connectivity index (χ1v) is 7.22. The maximum absolute atomic E-state index is 12.0. The Bertz CT molecular complexity index is 537. The van der Waals surface area contributed by atoms with Gasteiger partial charge >= 0.3 is 5.97 Å². The highest BCUT2D eigenvalue weighted by atomic mass is 79.9. The normalized spacial score (nSPS) is 21.4. The van der Waals surface area contributed by atoms with Crippen molar-refractivity contribution in [1.29, 1.82) is 0 Å². The third kappa shape index (κ3) is 3.67. The third-order valence-corrected chi connectivity index (χ3v) is 3.76. The zero-order chi connectivity index (χ0) is 14.0. The fraction of sp³-hybridized carbons (Fsp3) is 0.231. The zero-order valence-electron chi connectivity index (χ0n) is 9.77. The molecule has 1 aromatic carbocycles. The van der Waals surface area contributed by atoms with E-state index in [2.05, 4.69) is 37.2 Å². The molecule has 100 valence electrons. The van der Waals surface area contributed by atoms with Crippen LogP contribution in [0, 0.1) is 5.92 Å². The van der Waals surface area contributed by atoms with E-state index in [0.29, 0.717) is 12.0 Å². The van der Waals surface area contributed by atoms with Crippen molar-refractivity contribution in [2.24, 2.45) is 5.92 Å². The molecule has 2 N–H and O–H groups in total. The van der Waals surface area contributed by atoms with Gasteiger partial charge in [-0.2, -0.15) is 0 Å². The Hall–Kier alpha value is -1.14. The molecule has 0 aliphatic heterocycles. The van der Waals surface area contributed by atoms with E-state index in [4.69, 9.17) is 5.11 Å². The number of halogens is 2. The van der Waals surface area contributed by atoms with Crippen LogP contribution in [-0.4, -0.2) is 23.0 Å². The summed E-state index contributed by atoms with van der Waals surface area (Å²) in [5.74, 6) is -1.60. The number of carboxylic acid groups (broad SMARTS) is 1. The smallest absolute Gasteiger partial charge is 0.310 e. The van der Waals surface area contributed by atoms with Gasteiger partial charge in [0.15, 0.2) is 0 Å². The van der Waals surface area contributed by atoms with Gasteiger partial charge in [-0.3, -0.25) is 9.59 Å². The summed E-state index contributed by atoms with van der Waals surface area (Å²) in [6.07, 6.45) is 3.74. The minimum atomic E-state index is -0.863. The Labute approximate surface area is 127 Å². The first-order valence-electron chi connectivity index (χ1n) is 5.64. The van der Waals surface area contributed by atoms with Crippen molar-refractivity contribution in [3.63, 3.8) is 0 Å². The van der Waals surface area contributed by atoms with Gasteiger partial charge in [0.1, 0.15) is 0 Å². The lowest BCUT2D eigenvalue weighted by molar-refractivity contribution is -0.140. The van der Waals surface area contributed by atoms with Crippen molar-refractivity contribution < 1.29 is 14.7 Å². The molecule has 6 heteroatoms. The standard InChI is InChI=1S/C13H11Br2NO3/c14-9-3-8(4-10(15)6-9)12(17)16-11-2-1-7(5-11)13(18)19/h1-4,6-7,11H,5H2,(H,16,17)(H,18,19). The van der Waals surface area contributed by atoms with Crippen molar-refractivity contribution in [2.75, 3.05) is 0 Å². The molecule has 19 heavy (non-hydrogen) atoms. The molecule has 0 radical (unpaired) electrons. The van der Waals surface area contributed by atoms with Gasteiger partial charge in [-0.1, -0.05) is 44.0 Å². The van der Waals surface area contributed by atoms with Crippen LogP contribution in [0.3, 0.4) is 0 Å². The number of hydrogen-bond acceptors (Lipinski definition) is 2. The molecule has 2 atom stereocenters. The van der Waals surface area contributed by atoms with Gasteiger partial charge in [0.05, 0.1) is 5.92 Å². The predicted molar refractivity (Wildman–Crippen MR) is 78.0 cm³/mol. The summed E-state index contributed by atoms with van der Waals surface area (Å²) < 4.78 is 1.61. The van der Waals surface area contributed by atoms with Gasteiger partial charge in [0.25, 0.3) is 5.91 Å². The predicted octanol–water partition coefficient (Wildman–Crippen LogP) is 2.97. The van der Waals surface area contributed by atoms with Gasteiger partial charge in [-0.15, -0.1) is 0 Å². The molecule has 1 aliphatic rings. The fourth-order valence-corrected chi connectivity index (χ4v) is 3.22. The summed E-state index contributed by atoms with van der Waals surface area (Å²) in [4.78, 5) is 22.9. The molecule has 1 amide bonds. The topological polar surface area (TPSA) is 66.4 Å². The number of carbonyl (C=O) groups is 2. The summed E-state index contributed by atoms with van der Waals surface area (Å²) >= 11 is 6.64. The number of nitrogens with one attached hydrogen (secondary N) is 1. The zero-order valence-corrected chi connectivity index (χ0v) is 12.9. The Balaban J connectivity index is 2.02. The van der Waals surface area contributed by atoms with E-state index in [1.165, 1.54) is 0 Å². The average molecular weight is 389 g/mol. The van der Waals surface area contributed by atoms with E-state index >= 15 is 0 Å². The number of carbonyl (C=O) groups excluding carboxylic acids is 1. The van der Waals surface area contributed by atoms with Crippen LogP contribution in [0.4, 0.5) is 0 Å². The minimum absolute atomic E-state index is 0.220. The second-order valence-corrected chi connectivity index (χ2v) is 6.13. The SMILES string of the molecule is O=C(NC1C=CC(C(=O)O)C1)c1cc(Br)cc(Br)c1. The quantitative estimate of drug-likeness (QED) is 0.782. The van der Waals surface area contributed by atoms with Crippen LogP contribution in [-0.2, 0) is 4.79 Å². The molecule has 0 saturated heterocycles. The van der Waals surface area contributed by atoms with Crippen LogP contribution in [0.2, 0.25) is 0 Å². The molecule has 0 saturated carbocycles. The molecular weight excluding hydrogens is 378 g/mol. The molecule has 0 spiro atoms. The second-order valence-electron chi connectivity index (χ2n) is 4.30. The summed E-state index contributed by atoms with van der Waals surface area (Å²) in [6, 6.07) is 5.04. The van der Waals surface area contributed by atoms with E-state index in [0.717, 1.165) is 8.95 Å². The molecule has 2 rings (SSSR count). The van der Waals surface area contributed by atoms with Gasteiger partial charge in [0, 0.05) is 20.6 Å². The lowest BCUT2D eigenvalue weighted by Crippen LogP contribution is -2.33. The fourth-order valence-electron chi connectivity index (χ4n) is 1.93. The number of rotatable bonds is 3. The highest BCUT2D eigenvalue weighted by Gasteiger charge is 2.25. The molecule has 0 bridgehead atoms. The van der Waals surface area contributed by atoms with Gasteiger partial charge < -0.3 is 10.4 Å². The maximum atomic E-state index is 12.0. The van der Waals surface area contributed by atoms with E-state index < -0.39 is 11.9 Å². The average Bonchev–Trinajstić information content (AvgIpc) is 2.76. The van der Waals surface area contributed by atoms with Crippen molar-refractivity contribution in [1.82, 2.24) is 5.32 Å². The number of carboxylic acids is 1. The van der Waals surface area contributed by atoms with Crippen molar-refractivity contribution in [2.45, 2.75) is 12.5 Å². The highest BCUT2D eigenvalue weighted by molar-refractivity contribution is 9.11. The maximum Gasteiger partial charge on any atom is 0.310 e. The molecule has 0 aromatic heterocycles. The van der Waals surface area contributed by atoms with E-state index in [1.54, 1.807) is 24.3 Å². The van der Waals surface area contributed by atoms with Crippen molar-refractivity contribution in [3.8, 4) is 0 Å². The van der Waals surface area contributed by atoms with Gasteiger partial charge in [-0.05, 0) is 24.6 Å². The second kappa shape index (κ2) is 5.88. The highest BCUT2D eigenvalue weighted by Crippen LogP contribution is 2.21. The summed E-state index contributed by atoms with van der Waals surface area (Å²) in [7, 11) is 0. The van der Waals surface area contributed by atoms with E-state index in [9.17, 15) is 9.59 Å². The molecule has 0 fully saturated rings. The van der Waals surface area contributed by atoms with Crippen LogP contribution in [0.25, 0.3) is 0 Å². The number of amides is 1. The molecular formula is C13H11Br2NO3. The Morgan fingerprint density at radius 2 is 1.79 bits per heavy atom. The first kappa shape index (κ1) is 14.3. The third-order valence-electron chi connectivity index (χ3n) is 2.84. The van der Waals surface area contributed by atoms with Gasteiger partial charge in [-0.25, -0.2) is 0 Å². The lowest BCUT2D eigenvalue weighted by Gasteiger charge is -2.12. The monoisotopic (exact) mass is 387 g/mol. The van der Waals surface area contributed by atoms with Crippen LogP contribution in [0.15, 0.2) is 39.3 Å². The first-order chi connectivity index (χ1) is 8.95. The largest absolute Gasteiger partial charge is 0.481 e. The lowest BCUT2D eigenvalue weighted by atomic mass is 10.1. The summed E-state index contributed by atoms with van der Waals surface area (Å²) in [5.41, 5.74) is 0.522. The molecule has 1 aromatic rings. The van der Waals surface area contributed by atoms with Gasteiger partial charge in [0.2, 0.25) is 0 Å². The molecule has 1 aliphatic carbocycles. The van der Waals surface area contributed by atoms with Crippen LogP contribution >= 0.6 is 31.9 Å². The Morgan fingerprint density at radius 3 is 2.32 bits per heavy atom. The summed E-state index contributed by atoms with van der Waals surface area (Å²) in [5, 5.41) is 11.7. The van der Waals surface area contributed by atoms with Crippen LogP contribution < -0.4 is 5.32 Å². The molecule has 4 nitrogen and oxygen atoms in total. The van der Waals surface area contributed by atoms with Crippen molar-refractivity contribution in [3.05, 3.63) is 44.9 Å². The van der Waals surface area contributed by atoms with E-state index in [1.807, 2.05) is 6.07 Å². The number of benzene rings is 1. The summed E-state index contributed by atoms with van der Waals surface area (Å²) in [6.45, 7) is 0. The Morgan fingerprint density at radius 1 is 1.16 bits per heavy atom. The van der Waals surface area contributed by atoms with E-state index in [-0.39, 0.29) is 11.9 Å². The van der Waals surface area contributed by atoms with Crippen molar-refractivity contribution >= 4 is 43.7 Å². The van der Waals surface area contributed by atoms with Crippen LogP contribution in [0.5, 0.6) is 0 Å².